The summed E-state index contributed by atoms with van der Waals surface area (Å²) >= 11 is 0.299. The normalized spacial score (nSPS) is 15.8. The first-order valence-electron chi connectivity index (χ1n) is 20.0. The van der Waals surface area contributed by atoms with Crippen LogP contribution in [0.1, 0.15) is 41.8 Å². The van der Waals surface area contributed by atoms with E-state index in [0.717, 1.165) is 12.1 Å². The topological polar surface area (TPSA) is 58.4 Å². The molecule has 0 bridgehead atoms. The molecule has 0 unspecified atom stereocenters. The van der Waals surface area contributed by atoms with Gasteiger partial charge in [0.15, 0.2) is 5.16 Å². The molecule has 1 heterocycles. The second-order valence-electron chi connectivity index (χ2n) is 16.7. The minimum Gasteiger partial charge on any atom is -0.349 e. The number of aromatic nitrogens is 2. The Kier molecular flexibility index (Phi) is 15.6. The van der Waals surface area contributed by atoms with Crippen LogP contribution in [0.4, 0.5) is 17.6 Å². The molecule has 0 aliphatic heterocycles. The highest BCUT2D eigenvalue weighted by Crippen LogP contribution is 2.58. The van der Waals surface area contributed by atoms with E-state index in [4.69, 9.17) is 173 Å². The molecule has 0 saturated heterocycles. The third-order valence-electron chi connectivity index (χ3n) is 12.4. The zero-order valence-electron chi connectivity index (χ0n) is 37.2. The maximum absolute atomic E-state index is 15.7. The highest BCUT2D eigenvalue weighted by molar-refractivity contribution is 8.02. The Morgan fingerprint density at radius 1 is 0.681 bits per heavy atom. The SMILES string of the molecule is [B]c1c([B])c(-c2c([B])c([B])c(C(F)(F)F)c([B])c2[B])c([B])c([B])c1CN(C(=O)C([B])([B])n1c(SC([B])([B])c2ccc(F)cc2)nc(=O)c2c1C([B])([B])C([B])([B])C2([B])[B])C([B])([B])C([B])([B])N(CC)CC. The number of halogens is 4. The van der Waals surface area contributed by atoms with Gasteiger partial charge in [0.2, 0.25) is 5.91 Å². The van der Waals surface area contributed by atoms with Crippen LogP contribution in [0.5, 0.6) is 0 Å². The van der Waals surface area contributed by atoms with Gasteiger partial charge in [-0.25, -0.2) is 4.39 Å². The van der Waals surface area contributed by atoms with Crippen molar-refractivity contribution in [3.05, 3.63) is 68.4 Å². The molecule has 0 fully saturated rings. The number of amides is 1. The molecule has 0 saturated carbocycles. The van der Waals surface area contributed by atoms with Crippen LogP contribution in [0.25, 0.3) is 11.1 Å². The van der Waals surface area contributed by atoms with Crippen LogP contribution in [-0.2, 0) is 37.8 Å². The van der Waals surface area contributed by atoms with E-state index in [-0.39, 0.29) is 18.7 Å². The standard InChI is InChI=1S/C36H16B22F4N4O2S/c1-3-64(4-2)35(55,56)36(57,58)65(9-12-17(37)19(39)13(20(40)18(12)38)14-21(41)23(43)15(33(60,61)62)24(44)22(14)42)27(68)31(49,50)66-25-16(29(45,46)34(53,54)30(25,47)48)26(67)63-28(66)69-32(51,52)10-5-7-11(59)8-6-10/h5-8H,3-4,9H2,1-2H3. The number of carbonyl (C=O) groups is 1. The van der Waals surface area contributed by atoms with Gasteiger partial charge in [-0.15, -0.1) is 5.21 Å². The number of hydrogen-bond donors (Lipinski definition) is 0. The van der Waals surface area contributed by atoms with Crippen LogP contribution in [0, 0.1) is 5.82 Å². The van der Waals surface area contributed by atoms with Gasteiger partial charge >= 0.3 is 6.18 Å². The quantitative estimate of drug-likeness (QED) is 0.0579. The smallest absolute Gasteiger partial charge is 0.349 e. The number of alkyl halides is 3. The fourth-order valence-electron chi connectivity index (χ4n) is 8.13. The minimum atomic E-state index is -5.12. The molecule has 1 amide bonds. The molecule has 1 aliphatic rings. The summed E-state index contributed by atoms with van der Waals surface area (Å²) in [4.78, 5) is 35.5. The van der Waals surface area contributed by atoms with Gasteiger partial charge in [0.1, 0.15) is 84.3 Å². The van der Waals surface area contributed by atoms with E-state index in [1.54, 1.807) is 13.8 Å². The van der Waals surface area contributed by atoms with Crippen molar-refractivity contribution in [1.29, 1.82) is 0 Å². The molecule has 1 aromatic heterocycles. The summed E-state index contributed by atoms with van der Waals surface area (Å²) in [6.45, 7) is 2.21. The Morgan fingerprint density at radius 2 is 1.12 bits per heavy atom. The van der Waals surface area contributed by atoms with E-state index in [9.17, 15) is 22.4 Å². The second kappa shape index (κ2) is 18.7. The highest BCUT2D eigenvalue weighted by atomic mass is 32.2. The van der Waals surface area contributed by atoms with E-state index in [2.05, 4.69) is 4.98 Å². The van der Waals surface area contributed by atoms with Crippen molar-refractivity contribution >= 4 is 234 Å². The predicted octanol–water partition coefficient (Wildman–Crippen LogP) is -9.60. The van der Waals surface area contributed by atoms with E-state index in [1.165, 1.54) is 17.0 Å². The van der Waals surface area contributed by atoms with Crippen molar-refractivity contribution < 1.29 is 22.4 Å². The maximum Gasteiger partial charge on any atom is 0.415 e. The number of benzene rings is 3. The van der Waals surface area contributed by atoms with Crippen LogP contribution >= 0.6 is 11.8 Å². The molecule has 0 atom stereocenters. The molecule has 6 nitrogen and oxygen atoms in total. The van der Waals surface area contributed by atoms with Gasteiger partial charge in [0.25, 0.3) is 5.56 Å². The lowest BCUT2D eigenvalue weighted by molar-refractivity contribution is -0.138. The molecule has 5 rings (SSSR count). The van der Waals surface area contributed by atoms with Crippen molar-refractivity contribution in [2.45, 2.75) is 67.9 Å². The second-order valence-corrected chi connectivity index (χ2v) is 18.0. The minimum absolute atomic E-state index is 0.00139. The lowest BCUT2D eigenvalue weighted by atomic mass is 9.20. The van der Waals surface area contributed by atoms with E-state index < -0.39 is 149 Å². The third-order valence-corrected chi connectivity index (χ3v) is 13.4. The summed E-state index contributed by atoms with van der Waals surface area (Å²) < 4.78 is 54.5. The van der Waals surface area contributed by atoms with Gasteiger partial charge in [0, 0.05) is 28.7 Å². The van der Waals surface area contributed by atoms with Gasteiger partial charge in [-0.05, 0) is 62.7 Å². The summed E-state index contributed by atoms with van der Waals surface area (Å²) in [5, 5.41) is -17.6. The number of hydrogen-bond acceptors (Lipinski definition) is 5. The fourth-order valence-corrected chi connectivity index (χ4v) is 9.15. The van der Waals surface area contributed by atoms with Crippen molar-refractivity contribution in [2.75, 3.05) is 13.1 Å². The van der Waals surface area contributed by atoms with Gasteiger partial charge in [-0.1, -0.05) is 91.9 Å². The first kappa shape index (κ1) is 57.4. The molecule has 4 aromatic rings. The molecule has 3 aromatic carbocycles. The Labute approximate surface area is 433 Å². The first-order valence-corrected chi connectivity index (χ1v) is 20.8. The van der Waals surface area contributed by atoms with Crippen molar-refractivity contribution in [3.8, 4) is 11.1 Å². The van der Waals surface area contributed by atoms with E-state index in [0.29, 0.717) is 21.2 Å². The molecule has 69 heavy (non-hydrogen) atoms. The fraction of sp³-hybridized carbons (Fsp3) is 0.361. The number of likely N-dealkylation sites (N-methyl/N-ethyl adjacent to an activating group) is 1. The predicted molar refractivity (Wildman–Crippen MR) is 286 cm³/mol. The molecular weight excluding hydrogens is 866 g/mol. The Bertz CT molecular complexity index is 2750. The van der Waals surface area contributed by atoms with Gasteiger partial charge in [-0.3, -0.25) is 9.59 Å². The molecule has 44 radical (unpaired) electrons. The summed E-state index contributed by atoms with van der Waals surface area (Å²) in [6.07, 6.45) is -5.12. The maximum atomic E-state index is 15.7. The lowest BCUT2D eigenvalue weighted by Gasteiger charge is -2.58. The monoisotopic (exact) mass is 886 g/mol. The van der Waals surface area contributed by atoms with Gasteiger partial charge in [-0.2, -0.15) is 18.2 Å². The van der Waals surface area contributed by atoms with Crippen LogP contribution < -0.4 is 49.3 Å². The van der Waals surface area contributed by atoms with Crippen LogP contribution in [0.2, 0.25) is 5.21 Å². The molecule has 33 heteroatoms. The highest BCUT2D eigenvalue weighted by Gasteiger charge is 2.59. The van der Waals surface area contributed by atoms with Crippen molar-refractivity contribution in [2.24, 2.45) is 0 Å². The first-order chi connectivity index (χ1) is 31.2. The Balaban J connectivity index is 1.88. The van der Waals surface area contributed by atoms with Gasteiger partial charge in [0.05, 0.1) is 94.2 Å². The summed E-state index contributed by atoms with van der Waals surface area (Å²) in [5.74, 6) is -2.31. The van der Waals surface area contributed by atoms with Crippen molar-refractivity contribution in [1.82, 2.24) is 19.4 Å². The van der Waals surface area contributed by atoms with Crippen molar-refractivity contribution in [3.63, 3.8) is 0 Å². The number of fused-ring (bicyclic) bond motifs is 1. The average Bonchev–Trinajstić information content (AvgIpc) is 3.33. The zero-order valence-corrected chi connectivity index (χ0v) is 38.0. The summed E-state index contributed by atoms with van der Waals surface area (Å²) in [5.41, 5.74) is -11.6. The lowest BCUT2D eigenvalue weighted by Crippen LogP contribution is -2.76. The molecule has 0 spiro atoms. The molecule has 1 aliphatic carbocycles. The number of rotatable bonds is 13. The zero-order chi connectivity index (χ0) is 53.1. The summed E-state index contributed by atoms with van der Waals surface area (Å²) in [6, 6.07) is 4.39. The number of carbonyl (C=O) groups excluding carboxylic acids is 1. The Morgan fingerprint density at radius 3 is 1.54 bits per heavy atom. The molecule has 0 N–H and O–H groups in total. The van der Waals surface area contributed by atoms with Crippen LogP contribution in [0.15, 0.2) is 34.2 Å². The largest absolute Gasteiger partial charge is 0.415 e. The number of thioether (sulfide) groups is 1. The van der Waals surface area contributed by atoms with E-state index in [1.807, 2.05) is 0 Å². The molecular formula is C36H16B22F4N4O2S. The van der Waals surface area contributed by atoms with Gasteiger partial charge < -0.3 is 14.4 Å². The van der Waals surface area contributed by atoms with Crippen LogP contribution in [0.3, 0.4) is 0 Å². The molecule has 292 valence electrons. The summed E-state index contributed by atoms with van der Waals surface area (Å²) in [7, 11) is 143. The number of nitrogens with zero attached hydrogens (tertiary/aromatic N) is 4. The third kappa shape index (κ3) is 8.97. The van der Waals surface area contributed by atoms with E-state index >= 15 is 4.79 Å². The average molecular weight is 882 g/mol. The van der Waals surface area contributed by atoms with Crippen LogP contribution in [-0.4, -0.2) is 222 Å². The Hall–Kier alpha value is -2.53.